The number of hydrogen-bond acceptors (Lipinski definition) is 3. The van der Waals surface area contributed by atoms with E-state index in [1.54, 1.807) is 6.07 Å². The van der Waals surface area contributed by atoms with Gasteiger partial charge in [0.15, 0.2) is 0 Å². The van der Waals surface area contributed by atoms with Crippen LogP contribution in [0, 0.1) is 0 Å². The SMILES string of the molecule is CNS(=O)(=O)c1cc2c(cc1Br)NC(=O)C2. The molecule has 1 aromatic rings. The molecule has 0 aromatic heterocycles. The molecule has 5 nitrogen and oxygen atoms in total. The van der Waals surface area contributed by atoms with Gasteiger partial charge in [-0.1, -0.05) is 0 Å². The Bertz CT molecular complexity index is 568. The van der Waals surface area contributed by atoms with Crippen LogP contribution >= 0.6 is 15.9 Å². The minimum atomic E-state index is -3.50. The number of fused-ring (bicyclic) bond motifs is 1. The van der Waals surface area contributed by atoms with E-state index >= 15 is 0 Å². The van der Waals surface area contributed by atoms with Gasteiger partial charge in [-0.2, -0.15) is 0 Å². The molecule has 0 radical (unpaired) electrons. The summed E-state index contributed by atoms with van der Waals surface area (Å²) < 4.78 is 26.0. The van der Waals surface area contributed by atoms with Gasteiger partial charge in [0.05, 0.1) is 11.3 Å². The predicted octanol–water partition coefficient (Wildman–Crippen LogP) is 0.852. The number of halogens is 1. The zero-order chi connectivity index (χ0) is 11.9. The molecule has 86 valence electrons. The molecule has 16 heavy (non-hydrogen) atoms. The molecule has 1 aliphatic rings. The highest BCUT2D eigenvalue weighted by Gasteiger charge is 2.23. The first-order chi connectivity index (χ1) is 7.44. The summed E-state index contributed by atoms with van der Waals surface area (Å²) in [5, 5.41) is 2.65. The maximum atomic E-state index is 11.7. The lowest BCUT2D eigenvalue weighted by Crippen LogP contribution is -2.19. The third-order valence-electron chi connectivity index (χ3n) is 2.34. The number of nitrogens with one attached hydrogen (secondary N) is 2. The Morgan fingerprint density at radius 1 is 1.44 bits per heavy atom. The monoisotopic (exact) mass is 304 g/mol. The van der Waals surface area contributed by atoms with E-state index in [4.69, 9.17) is 0 Å². The van der Waals surface area contributed by atoms with Gasteiger partial charge in [0, 0.05) is 10.2 Å². The van der Waals surface area contributed by atoms with E-state index in [0.29, 0.717) is 15.7 Å². The first-order valence-electron chi connectivity index (χ1n) is 4.50. The van der Waals surface area contributed by atoms with Crippen molar-refractivity contribution in [2.75, 3.05) is 12.4 Å². The molecule has 2 rings (SSSR count). The molecule has 0 saturated carbocycles. The van der Waals surface area contributed by atoms with Gasteiger partial charge in [-0.15, -0.1) is 0 Å². The van der Waals surface area contributed by atoms with Crippen LogP contribution in [0.25, 0.3) is 0 Å². The van der Waals surface area contributed by atoms with Crippen LogP contribution in [-0.2, 0) is 21.2 Å². The summed E-state index contributed by atoms with van der Waals surface area (Å²) >= 11 is 3.18. The van der Waals surface area contributed by atoms with Crippen molar-refractivity contribution in [3.63, 3.8) is 0 Å². The Labute approximate surface area is 101 Å². The third kappa shape index (κ3) is 1.85. The Morgan fingerprint density at radius 3 is 2.75 bits per heavy atom. The van der Waals surface area contributed by atoms with E-state index < -0.39 is 10.0 Å². The zero-order valence-corrected chi connectivity index (χ0v) is 10.8. The molecule has 0 unspecified atom stereocenters. The number of carbonyl (C=O) groups excluding carboxylic acids is 1. The lowest BCUT2D eigenvalue weighted by molar-refractivity contribution is -0.115. The van der Waals surface area contributed by atoms with Crippen LogP contribution in [0.1, 0.15) is 5.56 Å². The number of benzene rings is 1. The molecule has 1 heterocycles. The lowest BCUT2D eigenvalue weighted by Gasteiger charge is -2.07. The van der Waals surface area contributed by atoms with E-state index in [0.717, 1.165) is 0 Å². The molecular formula is C9H9BrN2O3S. The highest BCUT2D eigenvalue weighted by atomic mass is 79.9. The molecule has 0 saturated heterocycles. The molecule has 0 atom stereocenters. The third-order valence-corrected chi connectivity index (χ3v) is 4.71. The minimum absolute atomic E-state index is 0.124. The van der Waals surface area contributed by atoms with Crippen molar-refractivity contribution in [2.45, 2.75) is 11.3 Å². The Kier molecular flexibility index (Phi) is 2.77. The maximum Gasteiger partial charge on any atom is 0.241 e. The molecule has 0 spiro atoms. The molecule has 1 aromatic carbocycles. The molecule has 2 N–H and O–H groups in total. The standard InChI is InChI=1S/C9H9BrN2O3S/c1-11-16(14,15)8-2-5-3-9(13)12-7(5)4-6(8)10/h2,4,11H,3H2,1H3,(H,12,13). The first kappa shape index (κ1) is 11.6. The summed E-state index contributed by atoms with van der Waals surface area (Å²) in [4.78, 5) is 11.3. The highest BCUT2D eigenvalue weighted by Crippen LogP contribution is 2.32. The largest absolute Gasteiger partial charge is 0.325 e. The van der Waals surface area contributed by atoms with Gasteiger partial charge in [0.25, 0.3) is 0 Å². The van der Waals surface area contributed by atoms with Crippen LogP contribution in [0.15, 0.2) is 21.5 Å². The molecule has 0 aliphatic carbocycles. The summed E-state index contributed by atoms with van der Waals surface area (Å²) in [6, 6.07) is 3.10. The van der Waals surface area contributed by atoms with Crippen molar-refractivity contribution < 1.29 is 13.2 Å². The molecule has 0 bridgehead atoms. The van der Waals surface area contributed by atoms with Crippen molar-refractivity contribution in [1.82, 2.24) is 4.72 Å². The van der Waals surface area contributed by atoms with Crippen LogP contribution in [0.2, 0.25) is 0 Å². The van der Waals surface area contributed by atoms with Gasteiger partial charge >= 0.3 is 0 Å². The van der Waals surface area contributed by atoms with Crippen LogP contribution in [-0.4, -0.2) is 21.4 Å². The van der Waals surface area contributed by atoms with Gasteiger partial charge < -0.3 is 5.32 Å². The first-order valence-corrected chi connectivity index (χ1v) is 6.77. The average Bonchev–Trinajstić information content (AvgIpc) is 2.56. The topological polar surface area (TPSA) is 75.3 Å². The molecule has 1 amide bonds. The van der Waals surface area contributed by atoms with Gasteiger partial charge in [-0.25, -0.2) is 13.1 Å². The summed E-state index contributed by atoms with van der Waals surface area (Å²) in [6.45, 7) is 0. The van der Waals surface area contributed by atoms with Crippen molar-refractivity contribution in [2.24, 2.45) is 0 Å². The van der Waals surface area contributed by atoms with Gasteiger partial charge in [-0.3, -0.25) is 4.79 Å². The fraction of sp³-hybridized carbons (Fsp3) is 0.222. The van der Waals surface area contributed by atoms with Crippen LogP contribution in [0.3, 0.4) is 0 Å². The smallest absolute Gasteiger partial charge is 0.241 e. The van der Waals surface area contributed by atoms with Crippen molar-refractivity contribution in [3.8, 4) is 0 Å². The molecule has 0 fully saturated rings. The number of hydrogen-bond donors (Lipinski definition) is 2. The second kappa shape index (κ2) is 3.83. The van der Waals surface area contributed by atoms with Crippen LogP contribution < -0.4 is 10.0 Å². The number of carbonyl (C=O) groups is 1. The van der Waals surface area contributed by atoms with E-state index in [-0.39, 0.29) is 17.2 Å². The summed E-state index contributed by atoms with van der Waals surface area (Å²) in [7, 11) is -2.16. The van der Waals surface area contributed by atoms with Crippen molar-refractivity contribution in [1.29, 1.82) is 0 Å². The minimum Gasteiger partial charge on any atom is -0.325 e. The van der Waals surface area contributed by atoms with E-state index in [9.17, 15) is 13.2 Å². The van der Waals surface area contributed by atoms with Gasteiger partial charge in [0.1, 0.15) is 0 Å². The fourth-order valence-electron chi connectivity index (χ4n) is 1.54. The van der Waals surface area contributed by atoms with E-state index in [2.05, 4.69) is 26.0 Å². The number of sulfonamides is 1. The van der Waals surface area contributed by atoms with Crippen LogP contribution in [0.5, 0.6) is 0 Å². The van der Waals surface area contributed by atoms with Crippen LogP contribution in [0.4, 0.5) is 5.69 Å². The second-order valence-electron chi connectivity index (χ2n) is 3.37. The number of amides is 1. The van der Waals surface area contributed by atoms with E-state index in [1.807, 2.05) is 0 Å². The zero-order valence-electron chi connectivity index (χ0n) is 8.37. The Morgan fingerprint density at radius 2 is 2.12 bits per heavy atom. The Hall–Kier alpha value is -0.920. The molecule has 7 heteroatoms. The van der Waals surface area contributed by atoms with Crippen molar-refractivity contribution in [3.05, 3.63) is 22.2 Å². The quantitative estimate of drug-likeness (QED) is 0.850. The predicted molar refractivity (Wildman–Crippen MR) is 62.7 cm³/mol. The number of anilines is 1. The van der Waals surface area contributed by atoms with Gasteiger partial charge in [-0.05, 0) is 40.7 Å². The summed E-state index contributed by atoms with van der Waals surface area (Å²) in [6.07, 6.45) is 0.217. The highest BCUT2D eigenvalue weighted by molar-refractivity contribution is 9.10. The van der Waals surface area contributed by atoms with E-state index in [1.165, 1.54) is 13.1 Å². The lowest BCUT2D eigenvalue weighted by atomic mass is 10.2. The average molecular weight is 305 g/mol. The normalized spacial score (nSPS) is 14.8. The molecular weight excluding hydrogens is 296 g/mol. The summed E-state index contributed by atoms with van der Waals surface area (Å²) in [5.41, 5.74) is 1.36. The van der Waals surface area contributed by atoms with Gasteiger partial charge in [0.2, 0.25) is 15.9 Å². The molecule has 1 aliphatic heterocycles. The Balaban J connectivity index is 2.60. The van der Waals surface area contributed by atoms with Crippen molar-refractivity contribution >= 4 is 37.5 Å². The second-order valence-corrected chi connectivity index (χ2v) is 6.08. The number of rotatable bonds is 2. The maximum absolute atomic E-state index is 11.7. The summed E-state index contributed by atoms with van der Waals surface area (Å²) in [5.74, 6) is -0.124. The fourth-order valence-corrected chi connectivity index (χ4v) is 3.36.